The van der Waals surface area contributed by atoms with Gasteiger partial charge >= 0.3 is 0 Å². The number of hydrogen-bond acceptors (Lipinski definition) is 2. The fourth-order valence-electron chi connectivity index (χ4n) is 1.90. The van der Waals surface area contributed by atoms with E-state index in [-0.39, 0.29) is 0 Å². The largest absolute Gasteiger partial charge is 0.381 e. The predicted molar refractivity (Wildman–Crippen MR) is 76.3 cm³/mol. The summed E-state index contributed by atoms with van der Waals surface area (Å²) in [5.41, 5.74) is 0.453. The van der Waals surface area contributed by atoms with Gasteiger partial charge in [-0.15, -0.1) is 0 Å². The number of rotatable bonds is 2. The quantitative estimate of drug-likeness (QED) is 0.904. The minimum atomic E-state index is -1.27. The number of aliphatic hydroxyl groups is 1. The molecule has 0 aliphatic rings. The highest BCUT2D eigenvalue weighted by Crippen LogP contribution is 2.37. The summed E-state index contributed by atoms with van der Waals surface area (Å²) >= 11 is 12.1. The lowest BCUT2D eigenvalue weighted by Gasteiger charge is -2.26. The van der Waals surface area contributed by atoms with E-state index in [1.165, 1.54) is 0 Å². The molecule has 0 fully saturated rings. The highest BCUT2D eigenvalue weighted by molar-refractivity contribution is 6.42. The van der Waals surface area contributed by atoms with E-state index in [0.29, 0.717) is 26.7 Å². The molecule has 2 aromatic rings. The normalized spacial score (nSPS) is 13.6. The molecule has 0 spiro atoms. The van der Waals surface area contributed by atoms with Crippen LogP contribution in [0.15, 0.2) is 42.5 Å². The number of hydrogen-bond donors (Lipinski definition) is 1. The fourth-order valence-corrected chi connectivity index (χ4v) is 2.39. The Balaban J connectivity index is 2.52. The average molecular weight is 292 g/mol. The fraction of sp³-hybridized carbons (Fsp3) is 0.133. The van der Waals surface area contributed by atoms with Crippen molar-refractivity contribution in [2.45, 2.75) is 12.5 Å². The van der Waals surface area contributed by atoms with Gasteiger partial charge in [0.15, 0.2) is 0 Å². The van der Waals surface area contributed by atoms with Crippen LogP contribution < -0.4 is 0 Å². The van der Waals surface area contributed by atoms with Gasteiger partial charge in [-0.3, -0.25) is 0 Å². The molecule has 19 heavy (non-hydrogen) atoms. The number of halogens is 2. The Bertz CT molecular complexity index is 642. The molecule has 0 amide bonds. The van der Waals surface area contributed by atoms with Crippen LogP contribution in [0.4, 0.5) is 0 Å². The van der Waals surface area contributed by atoms with Crippen molar-refractivity contribution in [2.75, 3.05) is 0 Å². The van der Waals surface area contributed by atoms with Crippen LogP contribution in [0.25, 0.3) is 0 Å². The molecule has 0 aromatic heterocycles. The lowest BCUT2D eigenvalue weighted by Crippen LogP contribution is -2.23. The Morgan fingerprint density at radius 3 is 2.32 bits per heavy atom. The van der Waals surface area contributed by atoms with E-state index >= 15 is 0 Å². The molecular weight excluding hydrogens is 281 g/mol. The third kappa shape index (κ3) is 2.59. The molecule has 2 rings (SSSR count). The van der Waals surface area contributed by atoms with E-state index in [1.54, 1.807) is 49.4 Å². The Kier molecular flexibility index (Phi) is 3.82. The van der Waals surface area contributed by atoms with Gasteiger partial charge in [-0.05, 0) is 30.7 Å². The first kappa shape index (κ1) is 13.9. The van der Waals surface area contributed by atoms with E-state index < -0.39 is 5.60 Å². The summed E-state index contributed by atoms with van der Waals surface area (Å²) in [6.45, 7) is 1.64. The van der Waals surface area contributed by atoms with Gasteiger partial charge in [0.05, 0.1) is 21.7 Å². The molecule has 0 bridgehead atoms. The van der Waals surface area contributed by atoms with Crippen molar-refractivity contribution in [1.29, 1.82) is 5.26 Å². The van der Waals surface area contributed by atoms with Crippen LogP contribution in [-0.4, -0.2) is 5.11 Å². The van der Waals surface area contributed by atoms with Crippen LogP contribution in [0.5, 0.6) is 0 Å². The first-order chi connectivity index (χ1) is 8.96. The summed E-state index contributed by atoms with van der Waals surface area (Å²) in [4.78, 5) is 0. The molecule has 2 aromatic carbocycles. The second kappa shape index (κ2) is 5.22. The summed E-state index contributed by atoms with van der Waals surface area (Å²) < 4.78 is 0. The van der Waals surface area contributed by atoms with E-state index in [0.717, 1.165) is 0 Å². The Morgan fingerprint density at radius 1 is 1.11 bits per heavy atom. The van der Waals surface area contributed by atoms with Crippen molar-refractivity contribution >= 4 is 23.2 Å². The van der Waals surface area contributed by atoms with Crippen LogP contribution in [-0.2, 0) is 5.60 Å². The molecule has 1 unspecified atom stereocenters. The zero-order chi connectivity index (χ0) is 14.0. The van der Waals surface area contributed by atoms with Crippen molar-refractivity contribution in [3.63, 3.8) is 0 Å². The molecule has 0 heterocycles. The van der Waals surface area contributed by atoms with E-state index in [2.05, 4.69) is 0 Å². The van der Waals surface area contributed by atoms with Crippen LogP contribution in [0, 0.1) is 11.3 Å². The van der Waals surface area contributed by atoms with Crippen molar-refractivity contribution in [2.24, 2.45) is 0 Å². The van der Waals surface area contributed by atoms with Gasteiger partial charge in [-0.2, -0.15) is 5.26 Å². The first-order valence-electron chi connectivity index (χ1n) is 5.64. The molecule has 96 valence electrons. The second-order valence-electron chi connectivity index (χ2n) is 4.36. The van der Waals surface area contributed by atoms with Gasteiger partial charge in [0.2, 0.25) is 0 Å². The maximum Gasteiger partial charge on any atom is 0.113 e. The van der Waals surface area contributed by atoms with Gasteiger partial charge in [0.1, 0.15) is 5.60 Å². The molecule has 0 radical (unpaired) electrons. The maximum absolute atomic E-state index is 10.7. The number of nitriles is 1. The highest BCUT2D eigenvalue weighted by atomic mass is 35.5. The highest BCUT2D eigenvalue weighted by Gasteiger charge is 2.28. The summed E-state index contributed by atoms with van der Waals surface area (Å²) in [6, 6.07) is 13.9. The summed E-state index contributed by atoms with van der Waals surface area (Å²) in [6.07, 6.45) is 0. The molecular formula is C15H11Cl2NO. The third-order valence-corrected chi connectivity index (χ3v) is 3.87. The van der Waals surface area contributed by atoms with Gasteiger partial charge in [0, 0.05) is 5.56 Å². The zero-order valence-corrected chi connectivity index (χ0v) is 11.7. The molecule has 1 N–H and O–H groups in total. The smallest absolute Gasteiger partial charge is 0.113 e. The Labute approximate surface area is 121 Å². The summed E-state index contributed by atoms with van der Waals surface area (Å²) in [5, 5.41) is 20.2. The lowest BCUT2D eigenvalue weighted by atomic mass is 9.88. The van der Waals surface area contributed by atoms with Crippen molar-refractivity contribution < 1.29 is 5.11 Å². The van der Waals surface area contributed by atoms with Crippen molar-refractivity contribution in [3.05, 3.63) is 69.2 Å². The molecule has 1 atom stereocenters. The minimum Gasteiger partial charge on any atom is -0.381 e. The van der Waals surface area contributed by atoms with Gasteiger partial charge in [0.25, 0.3) is 0 Å². The minimum absolute atomic E-state index is 0.332. The predicted octanol–water partition coefficient (Wildman–Crippen LogP) is 4.12. The SMILES string of the molecule is CC(O)(c1ccc(C#N)cc1)c1cccc(Cl)c1Cl. The summed E-state index contributed by atoms with van der Waals surface area (Å²) in [5.74, 6) is 0. The zero-order valence-electron chi connectivity index (χ0n) is 10.2. The Hall–Kier alpha value is -1.53. The van der Waals surface area contributed by atoms with Crippen LogP contribution >= 0.6 is 23.2 Å². The molecule has 0 aliphatic heterocycles. The van der Waals surface area contributed by atoms with E-state index in [1.807, 2.05) is 6.07 Å². The maximum atomic E-state index is 10.7. The van der Waals surface area contributed by atoms with E-state index in [4.69, 9.17) is 28.5 Å². The molecule has 0 aliphatic carbocycles. The van der Waals surface area contributed by atoms with Crippen LogP contribution in [0.2, 0.25) is 10.0 Å². The molecule has 2 nitrogen and oxygen atoms in total. The van der Waals surface area contributed by atoms with E-state index in [9.17, 15) is 5.11 Å². The Morgan fingerprint density at radius 2 is 1.74 bits per heavy atom. The monoisotopic (exact) mass is 291 g/mol. The third-order valence-electron chi connectivity index (χ3n) is 3.05. The average Bonchev–Trinajstić information content (AvgIpc) is 2.41. The summed E-state index contributed by atoms with van der Waals surface area (Å²) in [7, 11) is 0. The number of benzene rings is 2. The van der Waals surface area contributed by atoms with Crippen molar-refractivity contribution in [1.82, 2.24) is 0 Å². The van der Waals surface area contributed by atoms with Crippen molar-refractivity contribution in [3.8, 4) is 6.07 Å². The lowest BCUT2D eigenvalue weighted by molar-refractivity contribution is 0.102. The first-order valence-corrected chi connectivity index (χ1v) is 6.40. The van der Waals surface area contributed by atoms with Gasteiger partial charge in [-0.1, -0.05) is 47.5 Å². The number of nitrogens with zero attached hydrogens (tertiary/aromatic N) is 1. The standard InChI is InChI=1S/C15H11Cl2NO/c1-15(19,11-7-5-10(9-18)6-8-11)12-3-2-4-13(16)14(12)17/h2-8,19H,1H3. The van der Waals surface area contributed by atoms with Crippen LogP contribution in [0.1, 0.15) is 23.6 Å². The van der Waals surface area contributed by atoms with Gasteiger partial charge in [-0.25, -0.2) is 0 Å². The topological polar surface area (TPSA) is 44.0 Å². The molecule has 0 saturated heterocycles. The molecule has 0 saturated carbocycles. The van der Waals surface area contributed by atoms with Gasteiger partial charge < -0.3 is 5.11 Å². The van der Waals surface area contributed by atoms with Crippen LogP contribution in [0.3, 0.4) is 0 Å². The second-order valence-corrected chi connectivity index (χ2v) is 5.15. The molecule has 4 heteroatoms.